The Morgan fingerprint density at radius 1 is 1.23 bits per heavy atom. The van der Waals surface area contributed by atoms with Gasteiger partial charge in [0, 0.05) is 11.8 Å². The molecule has 0 aliphatic heterocycles. The first-order valence-electron chi connectivity index (χ1n) is 11.5. The third-order valence-corrected chi connectivity index (χ3v) is 6.70. The monoisotopic (exact) mass is 484 g/mol. The number of anilines is 1. The molecule has 3 aromatic rings. The predicted molar refractivity (Wildman–Crippen MR) is 119 cm³/mol. The summed E-state index contributed by atoms with van der Waals surface area (Å²) in [5.41, 5.74) is 0.0893. The molecule has 13 heteroatoms. The molecule has 12 nitrogen and oxygen atoms in total. The number of H-pyrrole nitrogens is 1. The SMILES string of the molecule is Cc1nonc1C(=O)N[C@H](C(=O)Nc1cn([C@H](C)c2ccn[nH]c2=O)nc1F)C(C1CC1)C1CC1. The summed E-state index contributed by atoms with van der Waals surface area (Å²) in [6, 6.07) is 0.0244. The quantitative estimate of drug-likeness (QED) is 0.412. The average Bonchev–Trinajstić information content (AvgIpc) is 3.76. The molecule has 2 saturated carbocycles. The van der Waals surface area contributed by atoms with E-state index in [1.807, 2.05) is 0 Å². The second-order valence-electron chi connectivity index (χ2n) is 9.22. The van der Waals surface area contributed by atoms with Crippen LogP contribution in [0.25, 0.3) is 0 Å². The van der Waals surface area contributed by atoms with E-state index in [9.17, 15) is 18.8 Å². The predicted octanol–water partition coefficient (Wildman–Crippen LogP) is 1.58. The first kappa shape index (κ1) is 22.9. The molecule has 2 fully saturated rings. The highest BCUT2D eigenvalue weighted by atomic mass is 19.1. The van der Waals surface area contributed by atoms with Gasteiger partial charge in [-0.25, -0.2) is 9.73 Å². The number of aromatic amines is 1. The van der Waals surface area contributed by atoms with Gasteiger partial charge in [0.15, 0.2) is 5.69 Å². The van der Waals surface area contributed by atoms with Gasteiger partial charge in [-0.3, -0.25) is 19.1 Å². The van der Waals surface area contributed by atoms with Crippen LogP contribution >= 0.6 is 0 Å². The van der Waals surface area contributed by atoms with E-state index in [-0.39, 0.29) is 17.3 Å². The Labute approximate surface area is 198 Å². The summed E-state index contributed by atoms with van der Waals surface area (Å²) in [7, 11) is 0. The molecule has 2 aliphatic carbocycles. The van der Waals surface area contributed by atoms with Gasteiger partial charge < -0.3 is 10.6 Å². The molecule has 2 atom stereocenters. The van der Waals surface area contributed by atoms with Crippen LogP contribution in [0.3, 0.4) is 0 Å². The molecule has 2 amide bonds. The van der Waals surface area contributed by atoms with Crippen molar-refractivity contribution < 1.29 is 18.6 Å². The smallest absolute Gasteiger partial charge is 0.276 e. The zero-order valence-electron chi connectivity index (χ0n) is 19.2. The minimum absolute atomic E-state index is 0.00328. The summed E-state index contributed by atoms with van der Waals surface area (Å²) < 4.78 is 20.6. The van der Waals surface area contributed by atoms with Crippen LogP contribution in [-0.4, -0.2) is 48.1 Å². The van der Waals surface area contributed by atoms with Gasteiger partial charge in [0.25, 0.3) is 17.4 Å². The largest absolute Gasteiger partial charge is 0.338 e. The number of nitrogens with one attached hydrogen (secondary N) is 3. The highest BCUT2D eigenvalue weighted by Gasteiger charge is 2.48. The Morgan fingerprint density at radius 2 is 1.94 bits per heavy atom. The lowest BCUT2D eigenvalue weighted by molar-refractivity contribution is -0.119. The van der Waals surface area contributed by atoms with Gasteiger partial charge in [0.05, 0.1) is 12.2 Å². The summed E-state index contributed by atoms with van der Waals surface area (Å²) in [5.74, 6) is -1.43. The number of carbonyl (C=O) groups is 2. The summed E-state index contributed by atoms with van der Waals surface area (Å²) in [6.07, 6.45) is 6.67. The number of rotatable bonds is 9. The zero-order chi connectivity index (χ0) is 24.7. The van der Waals surface area contributed by atoms with Crippen molar-refractivity contribution in [3.63, 3.8) is 0 Å². The molecule has 2 aliphatic rings. The first-order valence-corrected chi connectivity index (χ1v) is 11.5. The van der Waals surface area contributed by atoms with Crippen molar-refractivity contribution in [3.05, 3.63) is 51.7 Å². The molecule has 184 valence electrons. The Kier molecular flexibility index (Phi) is 5.91. The fourth-order valence-corrected chi connectivity index (χ4v) is 4.56. The van der Waals surface area contributed by atoms with Crippen LogP contribution < -0.4 is 16.2 Å². The Hall–Kier alpha value is -3.90. The van der Waals surface area contributed by atoms with Gasteiger partial charge in [-0.1, -0.05) is 5.16 Å². The molecular weight excluding hydrogens is 459 g/mol. The van der Waals surface area contributed by atoms with Gasteiger partial charge in [-0.05, 0) is 68.5 Å². The maximum Gasteiger partial charge on any atom is 0.276 e. The topological polar surface area (TPSA) is 161 Å². The van der Waals surface area contributed by atoms with Crippen LogP contribution in [0.1, 0.15) is 60.4 Å². The minimum atomic E-state index is -0.897. The zero-order valence-corrected chi connectivity index (χ0v) is 19.2. The summed E-state index contributed by atoms with van der Waals surface area (Å²) in [6.45, 7) is 3.26. The average molecular weight is 484 g/mol. The maximum atomic E-state index is 14.7. The molecule has 3 N–H and O–H groups in total. The maximum absolute atomic E-state index is 14.7. The number of hydrogen-bond donors (Lipinski definition) is 3. The third kappa shape index (κ3) is 4.70. The van der Waals surface area contributed by atoms with Crippen molar-refractivity contribution in [2.24, 2.45) is 17.8 Å². The van der Waals surface area contributed by atoms with Crippen molar-refractivity contribution in [2.45, 2.75) is 51.6 Å². The number of halogens is 1. The Balaban J connectivity index is 1.38. The van der Waals surface area contributed by atoms with Crippen LogP contribution in [0.5, 0.6) is 0 Å². The number of carbonyl (C=O) groups excluding carboxylic acids is 2. The molecule has 0 bridgehead atoms. The standard InChI is InChI=1S/C22H25FN8O4/c1-10-17(30-35-29-10)21(33)26-18(16(12-3-4-12)13-5-6-13)22(34)25-15-9-31(28-19(15)23)11(2)14-7-8-24-27-20(14)32/h7-9,11-13,16,18H,3-6H2,1-2H3,(H,25,34)(H,26,33)(H,27,32)/t11-,18+/m1/s1. The summed E-state index contributed by atoms with van der Waals surface area (Å²) >= 11 is 0. The number of nitrogens with zero attached hydrogens (tertiary/aromatic N) is 5. The van der Waals surface area contributed by atoms with E-state index >= 15 is 0 Å². The van der Waals surface area contributed by atoms with E-state index < -0.39 is 35.4 Å². The molecule has 3 heterocycles. The molecular formula is C22H25FN8O4. The van der Waals surface area contributed by atoms with E-state index in [0.717, 1.165) is 25.7 Å². The fourth-order valence-electron chi connectivity index (χ4n) is 4.56. The molecule has 0 aromatic carbocycles. The van der Waals surface area contributed by atoms with Gasteiger partial charge in [-0.2, -0.15) is 9.49 Å². The normalized spacial score (nSPS) is 17.3. The lowest BCUT2D eigenvalue weighted by Gasteiger charge is -2.27. The van der Waals surface area contributed by atoms with E-state index in [1.54, 1.807) is 13.8 Å². The van der Waals surface area contributed by atoms with Crippen molar-refractivity contribution in [2.75, 3.05) is 5.32 Å². The van der Waals surface area contributed by atoms with Crippen LogP contribution in [-0.2, 0) is 4.79 Å². The van der Waals surface area contributed by atoms with Crippen LogP contribution in [0.2, 0.25) is 0 Å². The van der Waals surface area contributed by atoms with Crippen molar-refractivity contribution in [1.29, 1.82) is 0 Å². The second kappa shape index (κ2) is 9.04. The molecule has 0 radical (unpaired) electrons. The molecule has 0 spiro atoms. The van der Waals surface area contributed by atoms with E-state index in [1.165, 1.54) is 23.1 Å². The molecule has 5 rings (SSSR count). The number of hydrogen-bond acceptors (Lipinski definition) is 8. The van der Waals surface area contributed by atoms with Crippen LogP contribution in [0.4, 0.5) is 10.1 Å². The Bertz CT molecular complexity index is 1300. The molecule has 3 aromatic heterocycles. The second-order valence-corrected chi connectivity index (χ2v) is 9.22. The number of aryl methyl sites for hydroxylation is 1. The lowest BCUT2D eigenvalue weighted by Crippen LogP contribution is -2.50. The minimum Gasteiger partial charge on any atom is -0.338 e. The highest BCUT2D eigenvalue weighted by Crippen LogP contribution is 2.51. The van der Waals surface area contributed by atoms with Crippen LogP contribution in [0, 0.1) is 30.6 Å². The summed E-state index contributed by atoms with van der Waals surface area (Å²) in [5, 5.41) is 22.5. The van der Waals surface area contributed by atoms with E-state index in [2.05, 4.69) is 40.9 Å². The molecule has 35 heavy (non-hydrogen) atoms. The highest BCUT2D eigenvalue weighted by molar-refractivity contribution is 6.01. The Morgan fingerprint density at radius 3 is 2.54 bits per heavy atom. The molecule has 0 saturated heterocycles. The number of amides is 2. The summed E-state index contributed by atoms with van der Waals surface area (Å²) in [4.78, 5) is 38.3. The van der Waals surface area contributed by atoms with Crippen LogP contribution in [0.15, 0.2) is 27.9 Å². The van der Waals surface area contributed by atoms with Crippen molar-refractivity contribution in [3.8, 4) is 0 Å². The van der Waals surface area contributed by atoms with Crippen molar-refractivity contribution >= 4 is 17.5 Å². The van der Waals surface area contributed by atoms with E-state index in [0.29, 0.717) is 23.1 Å². The van der Waals surface area contributed by atoms with Crippen molar-refractivity contribution in [1.82, 2.24) is 35.6 Å². The first-order chi connectivity index (χ1) is 16.8. The van der Waals surface area contributed by atoms with Gasteiger partial charge in [-0.15, -0.1) is 5.10 Å². The lowest BCUT2D eigenvalue weighted by atomic mass is 9.88. The van der Waals surface area contributed by atoms with E-state index in [4.69, 9.17) is 0 Å². The van der Waals surface area contributed by atoms with Gasteiger partial charge >= 0.3 is 0 Å². The number of aromatic nitrogens is 6. The fraction of sp³-hybridized carbons (Fsp3) is 0.500. The third-order valence-electron chi connectivity index (χ3n) is 6.70. The van der Waals surface area contributed by atoms with Gasteiger partial charge in [0.2, 0.25) is 5.91 Å². The van der Waals surface area contributed by atoms with Gasteiger partial charge in [0.1, 0.15) is 17.4 Å². The molecule has 0 unspecified atom stereocenters.